The molecule has 0 bridgehead atoms. The van der Waals surface area contributed by atoms with Crippen LogP contribution in [-0.2, 0) is 18.4 Å². The van der Waals surface area contributed by atoms with Crippen LogP contribution in [0.5, 0.6) is 0 Å². The molecule has 2 fully saturated rings. The summed E-state index contributed by atoms with van der Waals surface area (Å²) in [5.41, 5.74) is 2.65. The van der Waals surface area contributed by atoms with E-state index in [0.29, 0.717) is 25.5 Å². The van der Waals surface area contributed by atoms with Crippen LogP contribution in [0.2, 0.25) is 0 Å². The maximum absolute atomic E-state index is 13.5. The molecule has 1 saturated carbocycles. The summed E-state index contributed by atoms with van der Waals surface area (Å²) in [6.45, 7) is 1.36. The van der Waals surface area contributed by atoms with Crippen LogP contribution < -0.4 is 5.32 Å². The third-order valence-corrected chi connectivity index (χ3v) is 6.39. The number of halogens is 1. The number of carbonyl (C=O) groups is 1. The third-order valence-electron chi connectivity index (χ3n) is 6.39. The molecule has 3 aromatic heterocycles. The Morgan fingerprint density at radius 2 is 1.94 bits per heavy atom. The molecular weight excluding hydrogens is 395 g/mol. The number of carbonyl (C=O) groups excluding carboxylic acids is 1. The fourth-order valence-corrected chi connectivity index (χ4v) is 4.59. The lowest BCUT2D eigenvalue weighted by Gasteiger charge is -2.35. The molecule has 8 heteroatoms. The highest BCUT2D eigenvalue weighted by Crippen LogP contribution is 2.31. The van der Waals surface area contributed by atoms with Crippen molar-refractivity contribution in [1.29, 1.82) is 0 Å². The summed E-state index contributed by atoms with van der Waals surface area (Å²) in [5.74, 6) is 0.664. The second-order valence-corrected chi connectivity index (χ2v) is 8.76. The molecule has 4 heterocycles. The second-order valence-electron chi connectivity index (χ2n) is 8.76. The van der Waals surface area contributed by atoms with E-state index in [-0.39, 0.29) is 11.8 Å². The minimum Gasteiger partial charge on any atom is -0.310 e. The molecule has 1 N–H and O–H groups in total. The molecule has 7 nitrogen and oxygen atoms in total. The van der Waals surface area contributed by atoms with Crippen molar-refractivity contribution in [1.82, 2.24) is 24.6 Å². The maximum atomic E-state index is 13.5. The molecule has 1 aliphatic heterocycles. The number of nitrogens with one attached hydrogen (secondary N) is 1. The van der Waals surface area contributed by atoms with Gasteiger partial charge in [-0.1, -0.05) is 19.3 Å². The lowest BCUT2D eigenvalue weighted by Crippen LogP contribution is -2.47. The molecule has 1 saturated heterocycles. The van der Waals surface area contributed by atoms with E-state index in [1.54, 1.807) is 23.3 Å². The second kappa shape index (κ2) is 8.34. The topological polar surface area (TPSA) is 75.9 Å². The van der Waals surface area contributed by atoms with E-state index < -0.39 is 6.17 Å². The zero-order chi connectivity index (χ0) is 21.4. The summed E-state index contributed by atoms with van der Waals surface area (Å²) in [6, 6.07) is 2.02. The lowest BCUT2D eigenvalue weighted by molar-refractivity contribution is -0.120. The van der Waals surface area contributed by atoms with Gasteiger partial charge in [0.2, 0.25) is 5.91 Å². The van der Waals surface area contributed by atoms with Crippen LogP contribution in [0.3, 0.4) is 0 Å². The summed E-state index contributed by atoms with van der Waals surface area (Å²) < 4.78 is 15.2. The van der Waals surface area contributed by atoms with Gasteiger partial charge in [-0.25, -0.2) is 9.37 Å². The van der Waals surface area contributed by atoms with Gasteiger partial charge in [-0.05, 0) is 24.3 Å². The van der Waals surface area contributed by atoms with Crippen molar-refractivity contribution >= 4 is 22.5 Å². The first kappa shape index (κ1) is 20.1. The minimum atomic E-state index is -0.782. The number of hydrogen-bond donors (Lipinski definition) is 1. The fourth-order valence-electron chi connectivity index (χ4n) is 4.59. The van der Waals surface area contributed by atoms with E-state index in [1.807, 2.05) is 24.2 Å². The fraction of sp³-hybridized carbons (Fsp3) is 0.478. The molecule has 2 aliphatic rings. The smallest absolute Gasteiger partial charge is 0.228 e. The van der Waals surface area contributed by atoms with Gasteiger partial charge in [-0.3, -0.25) is 19.4 Å². The summed E-state index contributed by atoms with van der Waals surface area (Å²) in [6.07, 6.45) is 11.7. The van der Waals surface area contributed by atoms with E-state index in [9.17, 15) is 9.18 Å². The number of pyridine rings is 2. The number of nitrogens with zero attached hydrogens (tertiary/aromatic N) is 5. The van der Waals surface area contributed by atoms with Crippen molar-refractivity contribution in [3.63, 3.8) is 0 Å². The third kappa shape index (κ3) is 4.17. The number of aryl methyl sites for hydroxylation is 1. The molecule has 0 unspecified atom stereocenters. The molecule has 0 radical (unpaired) electrons. The van der Waals surface area contributed by atoms with Gasteiger partial charge in [0.15, 0.2) is 0 Å². The van der Waals surface area contributed by atoms with Crippen LogP contribution in [0.4, 0.5) is 10.2 Å². The molecule has 0 aromatic carbocycles. The quantitative estimate of drug-likeness (QED) is 0.679. The first-order chi connectivity index (χ1) is 15.1. The molecule has 31 heavy (non-hydrogen) atoms. The van der Waals surface area contributed by atoms with Gasteiger partial charge in [-0.2, -0.15) is 5.10 Å². The highest BCUT2D eigenvalue weighted by molar-refractivity contribution is 5.97. The average molecular weight is 423 g/mol. The maximum Gasteiger partial charge on any atom is 0.228 e. The van der Waals surface area contributed by atoms with E-state index in [4.69, 9.17) is 0 Å². The van der Waals surface area contributed by atoms with E-state index in [0.717, 1.165) is 53.3 Å². The Labute approximate surface area is 180 Å². The highest BCUT2D eigenvalue weighted by Gasteiger charge is 2.29. The molecule has 5 rings (SSSR count). The predicted octanol–water partition coefficient (Wildman–Crippen LogP) is 3.70. The van der Waals surface area contributed by atoms with Crippen LogP contribution >= 0.6 is 0 Å². The Kier molecular flexibility index (Phi) is 5.40. The predicted molar refractivity (Wildman–Crippen MR) is 117 cm³/mol. The minimum absolute atomic E-state index is 0.0429. The van der Waals surface area contributed by atoms with Gasteiger partial charge in [-0.15, -0.1) is 0 Å². The Morgan fingerprint density at radius 1 is 1.16 bits per heavy atom. The van der Waals surface area contributed by atoms with Crippen molar-refractivity contribution in [3.8, 4) is 11.3 Å². The van der Waals surface area contributed by atoms with Crippen molar-refractivity contribution in [3.05, 3.63) is 36.4 Å². The Balaban J connectivity index is 1.52. The molecule has 162 valence electrons. The van der Waals surface area contributed by atoms with Gasteiger partial charge in [0, 0.05) is 67.7 Å². The van der Waals surface area contributed by atoms with Crippen molar-refractivity contribution < 1.29 is 9.18 Å². The molecular formula is C23H27FN6O. The van der Waals surface area contributed by atoms with Crippen molar-refractivity contribution in [2.24, 2.45) is 13.0 Å². The number of amides is 1. The Morgan fingerprint density at radius 3 is 2.65 bits per heavy atom. The molecule has 3 aromatic rings. The highest BCUT2D eigenvalue weighted by atomic mass is 19.1. The van der Waals surface area contributed by atoms with Crippen LogP contribution in [0, 0.1) is 5.92 Å². The van der Waals surface area contributed by atoms with Crippen LogP contribution in [0.25, 0.3) is 22.0 Å². The first-order valence-corrected chi connectivity index (χ1v) is 11.0. The van der Waals surface area contributed by atoms with Crippen LogP contribution in [0.15, 0.2) is 30.9 Å². The number of anilines is 1. The largest absolute Gasteiger partial charge is 0.310 e. The molecule has 1 amide bonds. The van der Waals surface area contributed by atoms with Gasteiger partial charge in [0.05, 0.1) is 11.9 Å². The number of rotatable bonds is 5. The average Bonchev–Trinajstić information content (AvgIpc) is 3.20. The van der Waals surface area contributed by atoms with Crippen LogP contribution in [0.1, 0.15) is 37.7 Å². The summed E-state index contributed by atoms with van der Waals surface area (Å²) in [5, 5.41) is 9.21. The van der Waals surface area contributed by atoms with Gasteiger partial charge in [0.1, 0.15) is 12.0 Å². The zero-order valence-electron chi connectivity index (χ0n) is 17.7. The van der Waals surface area contributed by atoms with Crippen molar-refractivity contribution in [2.75, 3.05) is 18.4 Å². The van der Waals surface area contributed by atoms with E-state index >= 15 is 0 Å². The van der Waals surface area contributed by atoms with E-state index in [1.165, 1.54) is 6.42 Å². The number of hydrogen-bond acceptors (Lipinski definition) is 5. The Hall–Kier alpha value is -2.87. The van der Waals surface area contributed by atoms with Gasteiger partial charge < -0.3 is 5.32 Å². The van der Waals surface area contributed by atoms with Gasteiger partial charge >= 0.3 is 0 Å². The van der Waals surface area contributed by atoms with Crippen LogP contribution in [-0.4, -0.2) is 49.8 Å². The number of likely N-dealkylation sites (tertiary alicyclic amines) is 1. The molecule has 0 spiro atoms. The van der Waals surface area contributed by atoms with Crippen molar-refractivity contribution in [2.45, 2.75) is 44.8 Å². The summed E-state index contributed by atoms with van der Waals surface area (Å²) >= 11 is 0. The number of alkyl halides is 1. The molecule has 1 aliphatic carbocycles. The Bertz CT molecular complexity index is 1100. The van der Waals surface area contributed by atoms with Gasteiger partial charge in [0.25, 0.3) is 0 Å². The summed E-state index contributed by atoms with van der Waals surface area (Å²) in [4.78, 5) is 24.1. The first-order valence-electron chi connectivity index (χ1n) is 11.0. The van der Waals surface area contributed by atoms with E-state index in [2.05, 4.69) is 20.4 Å². The number of aromatic nitrogens is 4. The SMILES string of the molecule is Cn1cc(-c2cc3c(CN4CC(F)C4)c(NC(=O)C4CCCCC4)ncc3cn2)cn1. The monoisotopic (exact) mass is 422 g/mol. The number of fused-ring (bicyclic) bond motifs is 1. The lowest BCUT2D eigenvalue weighted by atomic mass is 9.88. The molecule has 0 atom stereocenters. The summed E-state index contributed by atoms with van der Waals surface area (Å²) in [7, 11) is 1.87. The standard InChI is InChI=1S/C23H27FN6O/c1-29-11-17(10-27-29)21-7-19-16(8-25-21)9-26-22(20(19)14-30-12-18(24)13-30)28-23(31)15-5-3-2-4-6-15/h7-11,15,18H,2-6,12-14H2,1H3,(H,26,28,31). The zero-order valence-corrected chi connectivity index (χ0v) is 17.7. The normalized spacial score (nSPS) is 18.3.